The molecular weight excluding hydrogens is 358 g/mol. The SMILES string of the molecule is CCCCCC[N+](CCCl)(CCCCC)CCCCCC.[Br-]. The minimum atomic E-state index is 0. The first-order chi connectivity index (χ1) is 10.2. The molecule has 0 radical (unpaired) electrons. The number of unbranched alkanes of at least 4 members (excludes halogenated alkanes) is 8. The van der Waals surface area contributed by atoms with E-state index in [1.165, 1.54) is 101 Å². The van der Waals surface area contributed by atoms with E-state index in [1.54, 1.807) is 0 Å². The maximum Gasteiger partial charge on any atom is 0.0924 e. The Labute approximate surface area is 156 Å². The van der Waals surface area contributed by atoms with Crippen LogP contribution in [0.5, 0.6) is 0 Å². The van der Waals surface area contributed by atoms with Crippen LogP contribution in [0.15, 0.2) is 0 Å². The molecule has 1 nitrogen and oxygen atoms in total. The molecule has 0 rings (SSSR count). The van der Waals surface area contributed by atoms with Gasteiger partial charge in [-0.1, -0.05) is 52.9 Å². The van der Waals surface area contributed by atoms with Gasteiger partial charge in [0.2, 0.25) is 0 Å². The number of hydrogen-bond donors (Lipinski definition) is 0. The van der Waals surface area contributed by atoms with E-state index < -0.39 is 0 Å². The topological polar surface area (TPSA) is 0 Å². The minimum absolute atomic E-state index is 0. The predicted octanol–water partition coefficient (Wildman–Crippen LogP) is 3.40. The molecule has 0 aromatic heterocycles. The van der Waals surface area contributed by atoms with E-state index in [4.69, 9.17) is 11.6 Å². The molecule has 0 fully saturated rings. The van der Waals surface area contributed by atoms with Gasteiger partial charge in [0.25, 0.3) is 0 Å². The highest BCUT2D eigenvalue weighted by Gasteiger charge is 2.25. The number of rotatable bonds is 16. The second kappa shape index (κ2) is 18.1. The van der Waals surface area contributed by atoms with Crippen LogP contribution in [-0.2, 0) is 0 Å². The lowest BCUT2D eigenvalue weighted by Crippen LogP contribution is -3.00. The Hall–Kier alpha value is 0.730. The third-order valence-electron chi connectivity index (χ3n) is 4.77. The van der Waals surface area contributed by atoms with Crippen molar-refractivity contribution < 1.29 is 21.5 Å². The summed E-state index contributed by atoms with van der Waals surface area (Å²) in [4.78, 5) is 0. The Morgan fingerprint density at radius 3 is 1.27 bits per heavy atom. The molecule has 0 spiro atoms. The summed E-state index contributed by atoms with van der Waals surface area (Å²) < 4.78 is 1.30. The van der Waals surface area contributed by atoms with E-state index in [9.17, 15) is 0 Å². The van der Waals surface area contributed by atoms with Crippen LogP contribution in [0, 0.1) is 0 Å². The number of hydrogen-bond acceptors (Lipinski definition) is 0. The van der Waals surface area contributed by atoms with E-state index in [1.807, 2.05) is 0 Å². The molecule has 0 atom stereocenters. The monoisotopic (exact) mass is 397 g/mol. The summed E-state index contributed by atoms with van der Waals surface area (Å²) >= 11 is 6.16. The van der Waals surface area contributed by atoms with E-state index in [0.717, 1.165) is 5.88 Å². The van der Waals surface area contributed by atoms with E-state index >= 15 is 0 Å². The fourth-order valence-corrected chi connectivity index (χ4v) is 3.65. The molecule has 22 heavy (non-hydrogen) atoms. The van der Waals surface area contributed by atoms with Gasteiger partial charge in [-0.05, 0) is 38.5 Å². The molecule has 0 aliphatic carbocycles. The summed E-state index contributed by atoms with van der Waals surface area (Å²) in [5, 5.41) is 0. The first-order valence-electron chi connectivity index (χ1n) is 9.65. The maximum absolute atomic E-state index is 6.16. The van der Waals surface area contributed by atoms with Crippen molar-refractivity contribution in [3.8, 4) is 0 Å². The van der Waals surface area contributed by atoms with Crippen LogP contribution < -0.4 is 17.0 Å². The Bertz CT molecular complexity index is 200. The first-order valence-corrected chi connectivity index (χ1v) is 10.2. The second-order valence-corrected chi connectivity index (χ2v) is 7.13. The van der Waals surface area contributed by atoms with Gasteiger partial charge < -0.3 is 21.5 Å². The fourth-order valence-electron chi connectivity index (χ4n) is 3.30. The Kier molecular flexibility index (Phi) is 20.5. The molecule has 3 heteroatoms. The van der Waals surface area contributed by atoms with Gasteiger partial charge in [0.05, 0.1) is 32.1 Å². The van der Waals surface area contributed by atoms with Crippen LogP contribution in [0.2, 0.25) is 0 Å². The number of quaternary nitrogens is 1. The van der Waals surface area contributed by atoms with Crippen molar-refractivity contribution in [2.45, 2.75) is 91.4 Å². The standard InChI is InChI=1S/C19H41ClN.BrH/c1-4-7-10-13-17-21(19-15-20,16-12-9-6-3)18-14-11-8-5-2;/h4-19H2,1-3H3;1H/q+1;/p-1. The highest BCUT2D eigenvalue weighted by molar-refractivity contribution is 6.17. The van der Waals surface area contributed by atoms with Gasteiger partial charge >= 0.3 is 0 Å². The smallest absolute Gasteiger partial charge is 0.0924 e. The van der Waals surface area contributed by atoms with Crippen LogP contribution in [0.25, 0.3) is 0 Å². The van der Waals surface area contributed by atoms with Gasteiger partial charge in [-0.3, -0.25) is 0 Å². The lowest BCUT2D eigenvalue weighted by molar-refractivity contribution is -0.926. The molecule has 0 amide bonds. The molecule has 0 N–H and O–H groups in total. The molecule has 0 bridgehead atoms. The van der Waals surface area contributed by atoms with Gasteiger partial charge in [-0.25, -0.2) is 0 Å². The number of nitrogens with zero attached hydrogens (tertiary/aromatic N) is 1. The molecule has 0 saturated heterocycles. The summed E-state index contributed by atoms with van der Waals surface area (Å²) in [6, 6.07) is 0. The first kappa shape index (κ1) is 25.0. The second-order valence-electron chi connectivity index (χ2n) is 6.75. The summed E-state index contributed by atoms with van der Waals surface area (Å²) in [6.45, 7) is 12.2. The highest BCUT2D eigenvalue weighted by Crippen LogP contribution is 2.17. The van der Waals surface area contributed by atoms with Crippen LogP contribution in [0.1, 0.15) is 91.4 Å². The van der Waals surface area contributed by atoms with E-state index in [-0.39, 0.29) is 17.0 Å². The quantitative estimate of drug-likeness (QED) is 0.212. The average molecular weight is 399 g/mol. The van der Waals surface area contributed by atoms with Gasteiger partial charge in [0.15, 0.2) is 0 Å². The average Bonchev–Trinajstić information content (AvgIpc) is 2.49. The van der Waals surface area contributed by atoms with Gasteiger partial charge in [-0.2, -0.15) is 0 Å². The maximum atomic E-state index is 6.16. The molecule has 0 aromatic rings. The van der Waals surface area contributed by atoms with Crippen LogP contribution in [0.3, 0.4) is 0 Å². The van der Waals surface area contributed by atoms with Crippen LogP contribution >= 0.6 is 11.6 Å². The summed E-state index contributed by atoms with van der Waals surface area (Å²) in [6.07, 6.45) is 15.1. The molecule has 0 saturated carbocycles. The van der Waals surface area contributed by atoms with Crippen molar-refractivity contribution in [1.29, 1.82) is 0 Å². The minimum Gasteiger partial charge on any atom is -1.00 e. The van der Waals surface area contributed by atoms with Crippen molar-refractivity contribution in [2.24, 2.45) is 0 Å². The highest BCUT2D eigenvalue weighted by atomic mass is 79.9. The zero-order valence-corrected chi connectivity index (χ0v) is 17.9. The molecule has 0 heterocycles. The molecule has 0 aliphatic rings. The van der Waals surface area contributed by atoms with E-state index in [0.29, 0.717) is 0 Å². The number of halogens is 2. The summed E-state index contributed by atoms with van der Waals surface area (Å²) in [5.74, 6) is 0.827. The zero-order chi connectivity index (χ0) is 15.8. The summed E-state index contributed by atoms with van der Waals surface area (Å²) in [7, 11) is 0. The molecule has 136 valence electrons. The van der Waals surface area contributed by atoms with Crippen molar-refractivity contribution in [3.05, 3.63) is 0 Å². The van der Waals surface area contributed by atoms with Crippen LogP contribution in [0.4, 0.5) is 0 Å². The largest absolute Gasteiger partial charge is 1.00 e. The Morgan fingerprint density at radius 1 is 0.545 bits per heavy atom. The summed E-state index contributed by atoms with van der Waals surface area (Å²) in [5.41, 5.74) is 0. The third kappa shape index (κ3) is 13.2. The van der Waals surface area contributed by atoms with E-state index in [2.05, 4.69) is 20.8 Å². The molecule has 0 aromatic carbocycles. The van der Waals surface area contributed by atoms with Crippen LogP contribution in [-0.4, -0.2) is 36.5 Å². The van der Waals surface area contributed by atoms with Crippen molar-refractivity contribution in [3.63, 3.8) is 0 Å². The lowest BCUT2D eigenvalue weighted by Gasteiger charge is -2.39. The Morgan fingerprint density at radius 2 is 0.909 bits per heavy atom. The normalized spacial score (nSPS) is 11.5. The molecular formula is C19H41BrClN. The third-order valence-corrected chi connectivity index (χ3v) is 4.94. The predicted molar refractivity (Wildman–Crippen MR) is 98.3 cm³/mol. The van der Waals surface area contributed by atoms with Crippen molar-refractivity contribution >= 4 is 11.6 Å². The zero-order valence-electron chi connectivity index (χ0n) is 15.5. The molecule has 0 unspecified atom stereocenters. The van der Waals surface area contributed by atoms with Gasteiger partial charge in [-0.15, -0.1) is 11.6 Å². The lowest BCUT2D eigenvalue weighted by atomic mass is 10.1. The molecule has 0 aliphatic heterocycles. The Balaban J connectivity index is 0. The van der Waals surface area contributed by atoms with Crippen molar-refractivity contribution in [2.75, 3.05) is 32.1 Å². The van der Waals surface area contributed by atoms with Crippen molar-refractivity contribution in [1.82, 2.24) is 0 Å². The fraction of sp³-hybridized carbons (Fsp3) is 1.00. The van der Waals surface area contributed by atoms with Gasteiger partial charge in [0, 0.05) is 0 Å². The van der Waals surface area contributed by atoms with Gasteiger partial charge in [0.1, 0.15) is 0 Å². The number of alkyl halides is 1.